The largest absolute Gasteiger partial charge is 0.480 e. The maximum absolute atomic E-state index is 14.0. The van der Waals surface area contributed by atoms with Gasteiger partial charge in [0.05, 0.1) is 0 Å². The van der Waals surface area contributed by atoms with Crippen LogP contribution < -0.4 is 10.6 Å². The second kappa shape index (κ2) is 7.17. The van der Waals surface area contributed by atoms with E-state index in [1.54, 1.807) is 30.5 Å². The summed E-state index contributed by atoms with van der Waals surface area (Å²) in [6, 6.07) is 7.88. The van der Waals surface area contributed by atoms with Gasteiger partial charge in [-0.15, -0.1) is 0 Å². The number of carboxylic acids is 1. The van der Waals surface area contributed by atoms with Gasteiger partial charge in [0.1, 0.15) is 16.6 Å². The van der Waals surface area contributed by atoms with Crippen LogP contribution in [-0.4, -0.2) is 33.5 Å². The first-order valence-electron chi connectivity index (χ1n) is 10.8. The highest BCUT2D eigenvalue weighted by atomic mass is 35.5. The van der Waals surface area contributed by atoms with Crippen molar-refractivity contribution in [3.63, 3.8) is 0 Å². The predicted octanol–water partition coefficient (Wildman–Crippen LogP) is 4.76. The fourth-order valence-corrected chi connectivity index (χ4v) is 6.64. The number of carbonyl (C=O) groups excluding carboxylic acids is 1. The normalized spacial score (nSPS) is 29.8. The van der Waals surface area contributed by atoms with E-state index in [1.165, 1.54) is 0 Å². The molecular formula is C24H25Cl2N3O3. The second-order valence-electron chi connectivity index (χ2n) is 10.0. The zero-order chi connectivity index (χ0) is 22.9. The molecule has 1 aliphatic carbocycles. The Hall–Kier alpha value is -2.15. The zero-order valence-corrected chi connectivity index (χ0v) is 19.4. The van der Waals surface area contributed by atoms with Crippen LogP contribution in [-0.2, 0) is 15.0 Å². The number of hydrogen-bond acceptors (Lipinski definition) is 4. The average Bonchev–Trinajstić information content (AvgIpc) is 3.18. The van der Waals surface area contributed by atoms with Crippen molar-refractivity contribution >= 4 is 40.8 Å². The number of halogens is 2. The third kappa shape index (κ3) is 2.93. The Balaban J connectivity index is 1.81. The van der Waals surface area contributed by atoms with Gasteiger partial charge in [0.15, 0.2) is 0 Å². The summed E-state index contributed by atoms with van der Waals surface area (Å²) < 4.78 is 0. The summed E-state index contributed by atoms with van der Waals surface area (Å²) in [5.41, 5.74) is 0.421. The molecule has 0 bridgehead atoms. The number of anilines is 1. The Labute approximate surface area is 196 Å². The summed E-state index contributed by atoms with van der Waals surface area (Å²) in [6.45, 7) is 4.44. The number of rotatable bonds is 2. The summed E-state index contributed by atoms with van der Waals surface area (Å²) in [6.07, 6.45) is 4.71. The highest BCUT2D eigenvalue weighted by molar-refractivity contribution is 6.31. The summed E-state index contributed by atoms with van der Waals surface area (Å²) in [4.78, 5) is 30.6. The van der Waals surface area contributed by atoms with Crippen molar-refractivity contribution in [1.82, 2.24) is 10.3 Å². The fourth-order valence-electron chi connectivity index (χ4n) is 6.28. The molecule has 5 rings (SSSR count). The Morgan fingerprint density at radius 2 is 1.84 bits per heavy atom. The summed E-state index contributed by atoms with van der Waals surface area (Å²) in [5, 5.41) is 17.6. The minimum absolute atomic E-state index is 0.128. The van der Waals surface area contributed by atoms with Gasteiger partial charge in [-0.25, -0.2) is 4.98 Å². The molecule has 1 amide bonds. The van der Waals surface area contributed by atoms with Crippen LogP contribution in [0.1, 0.15) is 56.6 Å². The van der Waals surface area contributed by atoms with Gasteiger partial charge in [-0.1, -0.05) is 43.1 Å². The van der Waals surface area contributed by atoms with Gasteiger partial charge in [0.25, 0.3) is 0 Å². The Bertz CT molecular complexity index is 1130. The lowest BCUT2D eigenvalue weighted by molar-refractivity contribution is -0.139. The number of hydrogen-bond donors (Lipinski definition) is 3. The molecule has 3 N–H and O–H groups in total. The third-order valence-corrected chi connectivity index (χ3v) is 8.27. The molecule has 2 fully saturated rings. The number of amides is 1. The van der Waals surface area contributed by atoms with Gasteiger partial charge in [-0.2, -0.15) is 0 Å². The number of aliphatic carboxylic acids is 1. The van der Waals surface area contributed by atoms with E-state index in [4.69, 9.17) is 23.2 Å². The molecule has 3 aliphatic rings. The SMILES string of the molecule is CC1(C)CCC2(CC1)N[C@@H](C(=O)O)C(c1ccnc(Cl)c1)[C@]21C(=O)Nc2cc(Cl)ccc21. The van der Waals surface area contributed by atoms with E-state index in [-0.39, 0.29) is 16.5 Å². The molecule has 6 nitrogen and oxygen atoms in total. The molecular weight excluding hydrogens is 449 g/mol. The lowest BCUT2D eigenvalue weighted by Crippen LogP contribution is -2.61. The van der Waals surface area contributed by atoms with Crippen LogP contribution in [0.2, 0.25) is 10.2 Å². The van der Waals surface area contributed by atoms with E-state index in [2.05, 4.69) is 29.5 Å². The number of carboxylic acid groups (broad SMARTS) is 1. The monoisotopic (exact) mass is 473 g/mol. The van der Waals surface area contributed by atoms with Crippen LogP contribution in [0.15, 0.2) is 36.5 Å². The van der Waals surface area contributed by atoms with Crippen molar-refractivity contribution in [2.75, 3.05) is 5.32 Å². The molecule has 1 unspecified atom stereocenters. The third-order valence-electron chi connectivity index (χ3n) is 7.83. The maximum Gasteiger partial charge on any atom is 0.321 e. The number of benzene rings is 1. The highest BCUT2D eigenvalue weighted by Crippen LogP contribution is 2.63. The fraction of sp³-hybridized carbons (Fsp3) is 0.458. The molecule has 1 saturated heterocycles. The lowest BCUT2D eigenvalue weighted by Gasteiger charge is -2.50. The standard InChI is InChI=1S/C24H25Cl2N3O3/c1-22(2)6-8-23(9-7-22)24(15-4-3-14(25)12-16(15)28-21(24)32)18(19(29-23)20(30)31)13-5-10-27-17(26)11-13/h3-5,10-12,18-19,29H,6-9H2,1-2H3,(H,28,32)(H,30,31)/t18?,19-,24-/m1/s1. The first kappa shape index (κ1) is 21.7. The average molecular weight is 474 g/mol. The van der Waals surface area contributed by atoms with Gasteiger partial charge in [-0.05, 0) is 66.5 Å². The van der Waals surface area contributed by atoms with Crippen LogP contribution in [0.4, 0.5) is 5.69 Å². The van der Waals surface area contributed by atoms with Gasteiger partial charge in [0, 0.05) is 28.4 Å². The lowest BCUT2D eigenvalue weighted by atomic mass is 9.53. The number of carbonyl (C=O) groups is 2. The van der Waals surface area contributed by atoms with E-state index >= 15 is 0 Å². The van der Waals surface area contributed by atoms with Crippen molar-refractivity contribution in [2.24, 2.45) is 5.41 Å². The Kier molecular flexibility index (Phi) is 4.86. The molecule has 1 aromatic heterocycles. The molecule has 1 aromatic carbocycles. The van der Waals surface area contributed by atoms with Crippen molar-refractivity contribution in [2.45, 2.75) is 62.4 Å². The van der Waals surface area contributed by atoms with Crippen LogP contribution >= 0.6 is 23.2 Å². The molecule has 2 aliphatic heterocycles. The van der Waals surface area contributed by atoms with Crippen molar-refractivity contribution in [3.05, 3.63) is 57.8 Å². The Morgan fingerprint density at radius 1 is 1.12 bits per heavy atom. The van der Waals surface area contributed by atoms with Gasteiger partial charge < -0.3 is 10.4 Å². The summed E-state index contributed by atoms with van der Waals surface area (Å²) in [7, 11) is 0. The van der Waals surface area contributed by atoms with Crippen molar-refractivity contribution in [1.29, 1.82) is 0 Å². The highest BCUT2D eigenvalue weighted by Gasteiger charge is 2.72. The molecule has 1 saturated carbocycles. The molecule has 3 atom stereocenters. The Morgan fingerprint density at radius 3 is 2.50 bits per heavy atom. The molecule has 3 heterocycles. The van der Waals surface area contributed by atoms with Crippen LogP contribution in [0, 0.1) is 5.41 Å². The smallest absolute Gasteiger partial charge is 0.321 e. The number of pyridine rings is 1. The van der Waals surface area contributed by atoms with Gasteiger partial charge in [0.2, 0.25) is 5.91 Å². The first-order valence-corrected chi connectivity index (χ1v) is 11.6. The topological polar surface area (TPSA) is 91.3 Å². The quantitative estimate of drug-likeness (QED) is 0.546. The number of nitrogens with zero attached hydrogens (tertiary/aromatic N) is 1. The predicted molar refractivity (Wildman–Crippen MR) is 123 cm³/mol. The molecule has 8 heteroatoms. The van der Waals surface area contributed by atoms with E-state index in [9.17, 15) is 14.7 Å². The second-order valence-corrected chi connectivity index (χ2v) is 10.9. The van der Waals surface area contributed by atoms with Gasteiger partial charge in [-0.3, -0.25) is 14.9 Å². The molecule has 0 radical (unpaired) electrons. The zero-order valence-electron chi connectivity index (χ0n) is 17.9. The number of aromatic nitrogens is 1. The van der Waals surface area contributed by atoms with Crippen LogP contribution in [0.25, 0.3) is 0 Å². The van der Waals surface area contributed by atoms with Gasteiger partial charge >= 0.3 is 5.97 Å². The summed E-state index contributed by atoms with van der Waals surface area (Å²) >= 11 is 12.5. The van der Waals surface area contributed by atoms with E-state index in [1.807, 2.05) is 6.07 Å². The van der Waals surface area contributed by atoms with E-state index in [0.717, 1.165) is 18.4 Å². The molecule has 168 valence electrons. The summed E-state index contributed by atoms with van der Waals surface area (Å²) in [5.74, 6) is -1.84. The molecule has 2 aromatic rings. The number of nitrogens with one attached hydrogen (secondary N) is 2. The number of fused-ring (bicyclic) bond motifs is 3. The molecule has 2 spiro atoms. The van der Waals surface area contributed by atoms with Crippen molar-refractivity contribution < 1.29 is 14.7 Å². The van der Waals surface area contributed by atoms with E-state index < -0.39 is 28.9 Å². The first-order chi connectivity index (χ1) is 15.1. The van der Waals surface area contributed by atoms with Crippen LogP contribution in [0.3, 0.4) is 0 Å². The minimum atomic E-state index is -1.11. The minimum Gasteiger partial charge on any atom is -0.480 e. The van der Waals surface area contributed by atoms with Crippen molar-refractivity contribution in [3.8, 4) is 0 Å². The van der Waals surface area contributed by atoms with E-state index in [0.29, 0.717) is 29.1 Å². The maximum atomic E-state index is 14.0. The van der Waals surface area contributed by atoms with Crippen LogP contribution in [0.5, 0.6) is 0 Å². The molecule has 32 heavy (non-hydrogen) atoms.